The molecule has 2 aromatic rings. The maximum absolute atomic E-state index is 11.8. The summed E-state index contributed by atoms with van der Waals surface area (Å²) in [6, 6.07) is 9.83. The Balaban J connectivity index is 2.13. The van der Waals surface area contributed by atoms with Gasteiger partial charge in [0.25, 0.3) is 5.91 Å². The molecule has 4 heteroatoms. The SMILES string of the molecule is CCNC(=O)c1ccc(NC(C)c2cccnc2)c(C)c1. The van der Waals surface area contributed by atoms with Crippen LogP contribution in [0.1, 0.15) is 41.4 Å². The molecule has 1 unspecified atom stereocenters. The van der Waals surface area contributed by atoms with E-state index in [2.05, 4.69) is 22.5 Å². The van der Waals surface area contributed by atoms with Crippen molar-refractivity contribution in [2.45, 2.75) is 26.8 Å². The Labute approximate surface area is 125 Å². The molecule has 110 valence electrons. The van der Waals surface area contributed by atoms with Gasteiger partial charge in [-0.25, -0.2) is 0 Å². The number of hydrogen-bond donors (Lipinski definition) is 2. The summed E-state index contributed by atoms with van der Waals surface area (Å²) in [6.07, 6.45) is 3.62. The largest absolute Gasteiger partial charge is 0.378 e. The second-order valence-electron chi connectivity index (χ2n) is 5.04. The Morgan fingerprint density at radius 3 is 2.76 bits per heavy atom. The molecule has 0 bridgehead atoms. The zero-order valence-electron chi connectivity index (χ0n) is 12.7. The van der Waals surface area contributed by atoms with E-state index >= 15 is 0 Å². The van der Waals surface area contributed by atoms with E-state index in [0.717, 1.165) is 16.8 Å². The molecule has 1 atom stereocenters. The Hall–Kier alpha value is -2.36. The maximum atomic E-state index is 11.8. The number of nitrogens with one attached hydrogen (secondary N) is 2. The van der Waals surface area contributed by atoms with Crippen molar-refractivity contribution in [1.82, 2.24) is 10.3 Å². The average molecular weight is 283 g/mol. The van der Waals surface area contributed by atoms with Crippen molar-refractivity contribution >= 4 is 11.6 Å². The van der Waals surface area contributed by atoms with Crippen molar-refractivity contribution in [2.75, 3.05) is 11.9 Å². The van der Waals surface area contributed by atoms with E-state index in [0.29, 0.717) is 12.1 Å². The highest BCUT2D eigenvalue weighted by Crippen LogP contribution is 2.22. The number of carbonyl (C=O) groups is 1. The van der Waals surface area contributed by atoms with Gasteiger partial charge in [0.2, 0.25) is 0 Å². The molecule has 1 aromatic heterocycles. The normalized spacial score (nSPS) is 11.8. The first-order chi connectivity index (χ1) is 10.1. The van der Waals surface area contributed by atoms with Crippen molar-refractivity contribution in [3.8, 4) is 0 Å². The van der Waals surface area contributed by atoms with Crippen LogP contribution in [-0.2, 0) is 0 Å². The van der Waals surface area contributed by atoms with Gasteiger partial charge in [0.05, 0.1) is 6.04 Å². The predicted molar refractivity (Wildman–Crippen MR) is 85.5 cm³/mol. The fraction of sp³-hybridized carbons (Fsp3) is 0.294. The van der Waals surface area contributed by atoms with E-state index in [1.54, 1.807) is 6.20 Å². The lowest BCUT2D eigenvalue weighted by Gasteiger charge is -2.17. The van der Waals surface area contributed by atoms with Crippen LogP contribution in [-0.4, -0.2) is 17.4 Å². The average Bonchev–Trinajstić information content (AvgIpc) is 2.50. The predicted octanol–water partition coefficient (Wildman–Crippen LogP) is 3.31. The van der Waals surface area contributed by atoms with Crippen LogP contribution in [0.25, 0.3) is 0 Å². The van der Waals surface area contributed by atoms with Crippen molar-refractivity contribution < 1.29 is 4.79 Å². The van der Waals surface area contributed by atoms with Gasteiger partial charge in [0.15, 0.2) is 0 Å². The number of nitrogens with zero attached hydrogens (tertiary/aromatic N) is 1. The summed E-state index contributed by atoms with van der Waals surface area (Å²) in [4.78, 5) is 15.9. The van der Waals surface area contributed by atoms with Crippen molar-refractivity contribution in [2.24, 2.45) is 0 Å². The Morgan fingerprint density at radius 2 is 2.14 bits per heavy atom. The fourth-order valence-electron chi connectivity index (χ4n) is 2.18. The van der Waals surface area contributed by atoms with Gasteiger partial charge >= 0.3 is 0 Å². The number of pyridine rings is 1. The lowest BCUT2D eigenvalue weighted by molar-refractivity contribution is 0.0956. The molecule has 2 N–H and O–H groups in total. The van der Waals surface area contributed by atoms with Gasteiger partial charge in [-0.15, -0.1) is 0 Å². The molecule has 0 aliphatic rings. The third-order valence-corrected chi connectivity index (χ3v) is 3.38. The monoisotopic (exact) mass is 283 g/mol. The quantitative estimate of drug-likeness (QED) is 0.885. The van der Waals surface area contributed by atoms with E-state index in [4.69, 9.17) is 0 Å². The maximum Gasteiger partial charge on any atom is 0.251 e. The summed E-state index contributed by atoms with van der Waals surface area (Å²) in [5.74, 6) is -0.0348. The highest BCUT2D eigenvalue weighted by Gasteiger charge is 2.09. The molecule has 1 heterocycles. The summed E-state index contributed by atoms with van der Waals surface area (Å²) in [5.41, 5.74) is 3.90. The molecule has 0 aliphatic heterocycles. The topological polar surface area (TPSA) is 54.0 Å². The molecule has 0 aliphatic carbocycles. The number of aryl methyl sites for hydroxylation is 1. The molecule has 0 saturated heterocycles. The van der Waals surface area contributed by atoms with E-state index in [1.165, 1.54) is 0 Å². The molecule has 4 nitrogen and oxygen atoms in total. The van der Waals surface area contributed by atoms with Crippen LogP contribution in [0.2, 0.25) is 0 Å². The molecule has 0 fully saturated rings. The van der Waals surface area contributed by atoms with E-state index in [1.807, 2.05) is 50.4 Å². The minimum Gasteiger partial charge on any atom is -0.378 e. The summed E-state index contributed by atoms with van der Waals surface area (Å²) < 4.78 is 0. The van der Waals surface area contributed by atoms with Gasteiger partial charge < -0.3 is 10.6 Å². The van der Waals surface area contributed by atoms with Crippen molar-refractivity contribution in [1.29, 1.82) is 0 Å². The lowest BCUT2D eigenvalue weighted by atomic mass is 10.1. The number of benzene rings is 1. The van der Waals surface area contributed by atoms with Crippen LogP contribution in [0.5, 0.6) is 0 Å². The molecule has 2 rings (SSSR count). The fourth-order valence-corrected chi connectivity index (χ4v) is 2.18. The number of rotatable bonds is 5. The molecule has 21 heavy (non-hydrogen) atoms. The van der Waals surface area contributed by atoms with Gasteiger partial charge in [-0.2, -0.15) is 0 Å². The minimum atomic E-state index is -0.0348. The second kappa shape index (κ2) is 6.88. The molecule has 0 radical (unpaired) electrons. The van der Waals surface area contributed by atoms with Crippen molar-refractivity contribution in [3.05, 3.63) is 59.4 Å². The van der Waals surface area contributed by atoms with Gasteiger partial charge in [-0.3, -0.25) is 9.78 Å². The molecule has 1 amide bonds. The zero-order chi connectivity index (χ0) is 15.2. The standard InChI is InChI=1S/C17H21N3O/c1-4-19-17(21)14-7-8-16(12(2)10-14)20-13(3)15-6-5-9-18-11-15/h5-11,13,20H,4H2,1-3H3,(H,19,21). The summed E-state index contributed by atoms with van der Waals surface area (Å²) >= 11 is 0. The van der Waals surface area contributed by atoms with E-state index < -0.39 is 0 Å². The lowest BCUT2D eigenvalue weighted by Crippen LogP contribution is -2.22. The number of aromatic nitrogens is 1. The summed E-state index contributed by atoms with van der Waals surface area (Å²) in [6.45, 7) is 6.64. The van der Waals surface area contributed by atoms with Crippen LogP contribution < -0.4 is 10.6 Å². The van der Waals surface area contributed by atoms with Crippen LogP contribution in [0.3, 0.4) is 0 Å². The highest BCUT2D eigenvalue weighted by atomic mass is 16.1. The van der Waals surface area contributed by atoms with Gasteiger partial charge in [-0.05, 0) is 56.2 Å². The number of hydrogen-bond acceptors (Lipinski definition) is 3. The first-order valence-electron chi connectivity index (χ1n) is 7.17. The van der Waals surface area contributed by atoms with Crippen LogP contribution in [0, 0.1) is 6.92 Å². The molecule has 1 aromatic carbocycles. The Bertz CT molecular complexity index is 611. The van der Waals surface area contributed by atoms with Crippen molar-refractivity contribution in [3.63, 3.8) is 0 Å². The number of amides is 1. The van der Waals surface area contributed by atoms with E-state index in [9.17, 15) is 4.79 Å². The zero-order valence-corrected chi connectivity index (χ0v) is 12.7. The van der Waals surface area contributed by atoms with Crippen LogP contribution in [0.15, 0.2) is 42.7 Å². The minimum absolute atomic E-state index is 0.0348. The highest BCUT2D eigenvalue weighted by molar-refractivity contribution is 5.94. The third kappa shape index (κ3) is 3.81. The first kappa shape index (κ1) is 15.0. The van der Waals surface area contributed by atoms with E-state index in [-0.39, 0.29) is 11.9 Å². The Morgan fingerprint density at radius 1 is 1.33 bits per heavy atom. The Kier molecular flexibility index (Phi) is 4.93. The first-order valence-corrected chi connectivity index (χ1v) is 7.17. The molecular weight excluding hydrogens is 262 g/mol. The summed E-state index contributed by atoms with van der Waals surface area (Å²) in [5, 5.41) is 6.26. The van der Waals surface area contributed by atoms with Gasteiger partial charge in [0, 0.05) is 30.2 Å². The van der Waals surface area contributed by atoms with Gasteiger partial charge in [0.1, 0.15) is 0 Å². The second-order valence-corrected chi connectivity index (χ2v) is 5.04. The molecular formula is C17H21N3O. The van der Waals surface area contributed by atoms with Crippen LogP contribution in [0.4, 0.5) is 5.69 Å². The summed E-state index contributed by atoms with van der Waals surface area (Å²) in [7, 11) is 0. The molecule has 0 saturated carbocycles. The third-order valence-electron chi connectivity index (χ3n) is 3.38. The molecule has 0 spiro atoms. The number of anilines is 1. The van der Waals surface area contributed by atoms with Gasteiger partial charge in [-0.1, -0.05) is 6.07 Å². The van der Waals surface area contributed by atoms with Crippen LogP contribution >= 0.6 is 0 Å². The number of carbonyl (C=O) groups excluding carboxylic acids is 1. The smallest absolute Gasteiger partial charge is 0.251 e.